The summed E-state index contributed by atoms with van der Waals surface area (Å²) < 4.78 is 11.6. The Morgan fingerprint density at radius 1 is 1.07 bits per heavy atom. The van der Waals surface area contributed by atoms with Crippen molar-refractivity contribution in [3.8, 4) is 0 Å². The quantitative estimate of drug-likeness (QED) is 0.441. The highest BCUT2D eigenvalue weighted by Crippen LogP contribution is 2.36. The molecule has 2 amide bonds. The van der Waals surface area contributed by atoms with Crippen LogP contribution in [0.5, 0.6) is 0 Å². The van der Waals surface area contributed by atoms with E-state index in [-0.39, 0.29) is 23.6 Å². The molecule has 1 aromatic carbocycles. The first-order valence-electron chi connectivity index (χ1n) is 11.0. The van der Waals surface area contributed by atoms with Crippen LogP contribution in [0.15, 0.2) is 30.3 Å². The number of carbonyl (C=O) groups excluding carboxylic acids is 2. The third-order valence-electron chi connectivity index (χ3n) is 6.14. The molecule has 0 N–H and O–H groups in total. The molecule has 0 unspecified atom stereocenters. The molecule has 7 heteroatoms. The summed E-state index contributed by atoms with van der Waals surface area (Å²) in [7, 11) is -1.71. The fourth-order valence-electron chi connectivity index (χ4n) is 3.04. The molecule has 0 saturated carbocycles. The van der Waals surface area contributed by atoms with E-state index >= 15 is 0 Å². The van der Waals surface area contributed by atoms with Crippen molar-refractivity contribution in [2.24, 2.45) is 0 Å². The van der Waals surface area contributed by atoms with Crippen molar-refractivity contribution in [2.45, 2.75) is 64.8 Å². The maximum Gasteiger partial charge on any atom is 0.410 e. The third-order valence-corrected chi connectivity index (χ3v) is 10.7. The van der Waals surface area contributed by atoms with Crippen molar-refractivity contribution in [2.75, 3.05) is 32.8 Å². The predicted molar refractivity (Wildman–Crippen MR) is 122 cm³/mol. The Morgan fingerprint density at radius 2 is 1.77 bits per heavy atom. The zero-order valence-corrected chi connectivity index (χ0v) is 20.3. The average Bonchev–Trinajstić information content (AvgIpc) is 2.87. The molecule has 1 aliphatic heterocycles. The summed E-state index contributed by atoms with van der Waals surface area (Å²) in [6, 6.07) is 9.62. The number of hydrogen-bond acceptors (Lipinski definition) is 4. The van der Waals surface area contributed by atoms with Crippen LogP contribution in [0.3, 0.4) is 0 Å². The van der Waals surface area contributed by atoms with E-state index in [9.17, 15) is 9.59 Å². The van der Waals surface area contributed by atoms with Crippen LogP contribution < -0.4 is 0 Å². The van der Waals surface area contributed by atoms with E-state index in [0.717, 1.165) is 25.0 Å². The summed E-state index contributed by atoms with van der Waals surface area (Å²) in [4.78, 5) is 28.3. The van der Waals surface area contributed by atoms with Gasteiger partial charge in [-0.1, -0.05) is 51.1 Å². The van der Waals surface area contributed by atoms with Crippen LogP contribution in [0, 0.1) is 0 Å². The molecule has 1 heterocycles. The molecule has 168 valence electrons. The van der Waals surface area contributed by atoms with E-state index in [4.69, 9.17) is 9.16 Å². The molecule has 1 aromatic rings. The number of benzene rings is 1. The second-order valence-electron chi connectivity index (χ2n) is 9.47. The van der Waals surface area contributed by atoms with Gasteiger partial charge < -0.3 is 19.0 Å². The maximum absolute atomic E-state index is 12.4. The number of unbranched alkanes of at least 4 members (excludes halogenated alkanes) is 1. The lowest BCUT2D eigenvalue weighted by atomic mass is 10.2. The van der Waals surface area contributed by atoms with Gasteiger partial charge in [0.25, 0.3) is 0 Å². The smallest absolute Gasteiger partial charge is 0.410 e. The number of amides is 2. The van der Waals surface area contributed by atoms with Crippen LogP contribution in [-0.2, 0) is 20.6 Å². The minimum Gasteiger partial charge on any atom is -0.445 e. The first-order chi connectivity index (χ1) is 14.1. The standard InChI is InChI=1S/C23H38N2O4Si/c1-23(2,3)30(4,5)29-18-10-9-14-24-16-17-25(15-13-21(24)26)22(27)28-19-20-11-7-6-8-12-20/h6-8,11-12H,9-10,13-19H2,1-5H3. The van der Waals surface area contributed by atoms with Crippen molar-refractivity contribution in [1.82, 2.24) is 9.80 Å². The average molecular weight is 435 g/mol. The molecule has 1 fully saturated rings. The summed E-state index contributed by atoms with van der Waals surface area (Å²) in [5.74, 6) is 0.110. The van der Waals surface area contributed by atoms with Crippen molar-refractivity contribution >= 4 is 20.3 Å². The summed E-state index contributed by atoms with van der Waals surface area (Å²) in [6.07, 6.45) is 1.86. The molecular weight excluding hydrogens is 396 g/mol. The largest absolute Gasteiger partial charge is 0.445 e. The number of hydrogen-bond donors (Lipinski definition) is 0. The third kappa shape index (κ3) is 7.43. The Hall–Kier alpha value is -1.86. The van der Waals surface area contributed by atoms with Crippen molar-refractivity contribution in [1.29, 1.82) is 0 Å². The van der Waals surface area contributed by atoms with Crippen LogP contribution in [0.4, 0.5) is 4.79 Å². The zero-order chi connectivity index (χ0) is 22.2. The van der Waals surface area contributed by atoms with Gasteiger partial charge in [-0.05, 0) is 36.5 Å². The van der Waals surface area contributed by atoms with Gasteiger partial charge in [0.1, 0.15) is 6.61 Å². The molecule has 6 nitrogen and oxygen atoms in total. The van der Waals surface area contributed by atoms with Gasteiger partial charge in [0, 0.05) is 39.2 Å². The Balaban J connectivity index is 1.70. The predicted octanol–water partition coefficient (Wildman–Crippen LogP) is 4.66. The van der Waals surface area contributed by atoms with Crippen LogP contribution in [0.1, 0.15) is 45.6 Å². The lowest BCUT2D eigenvalue weighted by Crippen LogP contribution is -2.41. The second-order valence-corrected chi connectivity index (χ2v) is 14.3. The molecule has 0 bridgehead atoms. The Morgan fingerprint density at radius 3 is 2.43 bits per heavy atom. The Labute approximate surface area is 182 Å². The molecule has 30 heavy (non-hydrogen) atoms. The number of ether oxygens (including phenoxy) is 1. The molecule has 1 aliphatic rings. The first-order valence-corrected chi connectivity index (χ1v) is 13.9. The van der Waals surface area contributed by atoms with Gasteiger partial charge in [-0.15, -0.1) is 0 Å². The maximum atomic E-state index is 12.4. The molecule has 0 radical (unpaired) electrons. The minimum atomic E-state index is -1.71. The molecule has 0 atom stereocenters. The SMILES string of the molecule is CC(C)(C)[Si](C)(C)OCCCCN1CCN(C(=O)OCc2ccccc2)CCC1=O. The van der Waals surface area contributed by atoms with Gasteiger partial charge in [-0.2, -0.15) is 0 Å². The second kappa shape index (κ2) is 11.0. The summed E-state index contributed by atoms with van der Waals surface area (Å²) in [6.45, 7) is 14.4. The molecule has 1 saturated heterocycles. The number of nitrogens with zero attached hydrogens (tertiary/aromatic N) is 2. The van der Waals surface area contributed by atoms with Crippen molar-refractivity contribution in [3.05, 3.63) is 35.9 Å². The van der Waals surface area contributed by atoms with Crippen molar-refractivity contribution in [3.63, 3.8) is 0 Å². The van der Waals surface area contributed by atoms with Gasteiger partial charge in [-0.25, -0.2) is 4.79 Å². The molecular formula is C23H38N2O4Si. The topological polar surface area (TPSA) is 59.1 Å². The van der Waals surface area contributed by atoms with E-state index in [2.05, 4.69) is 33.9 Å². The normalized spacial score (nSPS) is 15.8. The number of rotatable bonds is 8. The Kier molecular flexibility index (Phi) is 8.91. The summed E-state index contributed by atoms with van der Waals surface area (Å²) in [5, 5.41) is 0.215. The monoisotopic (exact) mass is 434 g/mol. The molecule has 2 rings (SSSR count). The fraction of sp³-hybridized carbons (Fsp3) is 0.652. The van der Waals surface area contributed by atoms with Gasteiger partial charge >= 0.3 is 6.09 Å². The molecule has 0 aliphatic carbocycles. The van der Waals surface area contributed by atoms with Crippen LogP contribution in [0.2, 0.25) is 18.1 Å². The van der Waals surface area contributed by atoms with Crippen LogP contribution >= 0.6 is 0 Å². The van der Waals surface area contributed by atoms with E-state index < -0.39 is 8.32 Å². The van der Waals surface area contributed by atoms with E-state index in [1.165, 1.54) is 0 Å². The first kappa shape index (κ1) is 24.4. The fourth-order valence-corrected chi connectivity index (χ4v) is 4.13. The minimum absolute atomic E-state index is 0.110. The van der Waals surface area contributed by atoms with Gasteiger partial charge in [0.15, 0.2) is 8.32 Å². The van der Waals surface area contributed by atoms with Gasteiger partial charge in [0.2, 0.25) is 5.91 Å². The lowest BCUT2D eigenvalue weighted by Gasteiger charge is -2.36. The lowest BCUT2D eigenvalue weighted by molar-refractivity contribution is -0.130. The highest BCUT2D eigenvalue weighted by atomic mass is 28.4. The highest BCUT2D eigenvalue weighted by molar-refractivity contribution is 6.74. The van der Waals surface area contributed by atoms with Gasteiger partial charge in [-0.3, -0.25) is 4.79 Å². The highest BCUT2D eigenvalue weighted by Gasteiger charge is 2.36. The molecule has 0 aromatic heterocycles. The summed E-state index contributed by atoms with van der Waals surface area (Å²) >= 11 is 0. The summed E-state index contributed by atoms with van der Waals surface area (Å²) in [5.41, 5.74) is 0.957. The van der Waals surface area contributed by atoms with E-state index in [1.807, 2.05) is 35.2 Å². The van der Waals surface area contributed by atoms with Crippen molar-refractivity contribution < 1.29 is 18.8 Å². The van der Waals surface area contributed by atoms with Crippen LogP contribution in [-0.4, -0.2) is 62.9 Å². The van der Waals surface area contributed by atoms with Gasteiger partial charge in [0.05, 0.1) is 0 Å². The van der Waals surface area contributed by atoms with E-state index in [1.54, 1.807) is 4.90 Å². The zero-order valence-electron chi connectivity index (χ0n) is 19.3. The molecule has 0 spiro atoms. The number of carbonyl (C=O) groups is 2. The van der Waals surface area contributed by atoms with E-state index in [0.29, 0.717) is 32.6 Å². The van der Waals surface area contributed by atoms with Crippen LogP contribution in [0.25, 0.3) is 0 Å². The Bertz CT molecular complexity index is 688.